The molecule has 8 nitrogen and oxygen atoms in total. The summed E-state index contributed by atoms with van der Waals surface area (Å²) >= 11 is 0. The molecule has 1 saturated heterocycles. The molecule has 0 radical (unpaired) electrons. The van der Waals surface area contributed by atoms with Crippen LogP contribution in [0.25, 0.3) is 10.9 Å². The van der Waals surface area contributed by atoms with Crippen molar-refractivity contribution < 1.29 is 32.2 Å². The van der Waals surface area contributed by atoms with E-state index in [9.17, 15) is 18.0 Å². The summed E-state index contributed by atoms with van der Waals surface area (Å²) in [7, 11) is 3.95. The van der Waals surface area contributed by atoms with Crippen molar-refractivity contribution in [2.45, 2.75) is 6.18 Å². The second-order valence-corrected chi connectivity index (χ2v) is 7.86. The lowest BCUT2D eigenvalue weighted by molar-refractivity contribution is -0.136. The molecule has 2 N–H and O–H groups in total. The Morgan fingerprint density at radius 2 is 1.74 bits per heavy atom. The van der Waals surface area contributed by atoms with E-state index in [4.69, 9.17) is 9.47 Å². The van der Waals surface area contributed by atoms with Crippen molar-refractivity contribution in [3.05, 3.63) is 47.5 Å². The Labute approximate surface area is 200 Å². The molecule has 4 rings (SSSR count). The number of halogens is 3. The van der Waals surface area contributed by atoms with Crippen LogP contribution in [0.4, 0.5) is 30.4 Å². The minimum atomic E-state index is -4.70. The lowest BCUT2D eigenvalue weighted by Gasteiger charge is -2.30. The molecule has 3 aromatic rings. The van der Waals surface area contributed by atoms with E-state index in [1.54, 1.807) is 6.07 Å². The van der Waals surface area contributed by atoms with Crippen LogP contribution in [-0.2, 0) is 10.9 Å². The van der Waals surface area contributed by atoms with E-state index in [1.165, 1.54) is 20.3 Å². The Bertz CT molecular complexity index is 1240. The van der Waals surface area contributed by atoms with Crippen LogP contribution in [0, 0.1) is 0 Å². The van der Waals surface area contributed by atoms with Gasteiger partial charge in [0.05, 0.1) is 38.1 Å². The molecule has 2 aromatic carbocycles. The van der Waals surface area contributed by atoms with Crippen molar-refractivity contribution in [3.63, 3.8) is 0 Å². The van der Waals surface area contributed by atoms with Crippen LogP contribution < -0.4 is 25.0 Å². The second kappa shape index (κ2) is 9.87. The fourth-order valence-electron chi connectivity index (χ4n) is 4.03. The Morgan fingerprint density at radius 3 is 2.37 bits per heavy atom. The third kappa shape index (κ3) is 5.04. The quantitative estimate of drug-likeness (QED) is 0.497. The van der Waals surface area contributed by atoms with Gasteiger partial charge in [0, 0.05) is 49.4 Å². The molecule has 0 saturated carbocycles. The van der Waals surface area contributed by atoms with Gasteiger partial charge in [-0.2, -0.15) is 13.2 Å². The van der Waals surface area contributed by atoms with Gasteiger partial charge in [-0.3, -0.25) is 0 Å². The number of anilines is 3. The molecule has 0 atom stereocenters. The SMILES string of the molecule is COC(=O)c1cc2c(C(F)(F)F)cc(Nc3ccc(N4CCNCC4)cc3OC)nc2cc1OC. The molecule has 1 aliphatic rings. The lowest BCUT2D eigenvalue weighted by Crippen LogP contribution is -2.43. The highest BCUT2D eigenvalue weighted by atomic mass is 19.4. The molecule has 0 aliphatic carbocycles. The molecule has 0 spiro atoms. The molecule has 0 unspecified atom stereocenters. The van der Waals surface area contributed by atoms with Gasteiger partial charge in [-0.1, -0.05) is 0 Å². The predicted octanol–water partition coefficient (Wildman–Crippen LogP) is 4.21. The molecule has 1 aliphatic heterocycles. The van der Waals surface area contributed by atoms with Crippen molar-refractivity contribution in [2.75, 3.05) is 57.7 Å². The standard InChI is InChI=1S/C24H25F3N4O4/c1-33-20-13-19-15(11-16(20)23(32)35-3)17(24(25,26)27)12-22(30-19)29-18-5-4-14(10-21(18)34-2)31-8-6-28-7-9-31/h4-5,10-13,28H,6-9H2,1-3H3,(H,29,30). The number of fused-ring (bicyclic) bond motifs is 1. The summed E-state index contributed by atoms with van der Waals surface area (Å²) in [5.41, 5.74) is 0.346. The van der Waals surface area contributed by atoms with Gasteiger partial charge in [0.25, 0.3) is 0 Å². The van der Waals surface area contributed by atoms with E-state index in [1.807, 2.05) is 12.1 Å². The van der Waals surface area contributed by atoms with Gasteiger partial charge in [0.2, 0.25) is 0 Å². The van der Waals surface area contributed by atoms with Gasteiger partial charge < -0.3 is 29.7 Å². The van der Waals surface area contributed by atoms with Gasteiger partial charge >= 0.3 is 12.1 Å². The molecule has 186 valence electrons. The Morgan fingerprint density at radius 1 is 1.03 bits per heavy atom. The average molecular weight is 490 g/mol. The van der Waals surface area contributed by atoms with E-state index in [2.05, 4.69) is 25.3 Å². The van der Waals surface area contributed by atoms with Crippen molar-refractivity contribution in [1.82, 2.24) is 10.3 Å². The van der Waals surface area contributed by atoms with E-state index < -0.39 is 17.7 Å². The zero-order valence-electron chi connectivity index (χ0n) is 19.5. The molecule has 0 bridgehead atoms. The average Bonchev–Trinajstić information content (AvgIpc) is 2.87. The summed E-state index contributed by atoms with van der Waals surface area (Å²) in [5.74, 6) is -0.325. The predicted molar refractivity (Wildman–Crippen MR) is 126 cm³/mol. The summed E-state index contributed by atoms with van der Waals surface area (Å²) in [6.07, 6.45) is -4.70. The molecule has 0 amide bonds. The minimum absolute atomic E-state index is 0.00299. The number of aromatic nitrogens is 1. The summed E-state index contributed by atoms with van der Waals surface area (Å²) in [5, 5.41) is 5.99. The smallest absolute Gasteiger partial charge is 0.417 e. The van der Waals surface area contributed by atoms with Crippen LogP contribution in [0.1, 0.15) is 15.9 Å². The van der Waals surface area contributed by atoms with Crippen LogP contribution in [0.15, 0.2) is 36.4 Å². The highest BCUT2D eigenvalue weighted by Gasteiger charge is 2.34. The zero-order valence-corrected chi connectivity index (χ0v) is 19.5. The summed E-state index contributed by atoms with van der Waals surface area (Å²) in [6, 6.07) is 8.74. The van der Waals surface area contributed by atoms with Gasteiger partial charge in [-0.15, -0.1) is 0 Å². The lowest BCUT2D eigenvalue weighted by atomic mass is 10.0. The van der Waals surface area contributed by atoms with Crippen molar-refractivity contribution in [1.29, 1.82) is 0 Å². The number of benzene rings is 2. The van der Waals surface area contributed by atoms with E-state index in [0.717, 1.165) is 51.1 Å². The topological polar surface area (TPSA) is 85.0 Å². The number of esters is 1. The number of piperazine rings is 1. The molecular formula is C24H25F3N4O4. The largest absolute Gasteiger partial charge is 0.496 e. The number of alkyl halides is 3. The van der Waals surface area contributed by atoms with Crippen LogP contribution in [0.5, 0.6) is 11.5 Å². The highest BCUT2D eigenvalue weighted by molar-refractivity contribution is 5.99. The first-order valence-electron chi connectivity index (χ1n) is 10.8. The van der Waals surface area contributed by atoms with Crippen molar-refractivity contribution in [2.24, 2.45) is 0 Å². The zero-order chi connectivity index (χ0) is 25.2. The number of hydrogen-bond donors (Lipinski definition) is 2. The third-order valence-electron chi connectivity index (χ3n) is 5.77. The van der Waals surface area contributed by atoms with Crippen LogP contribution >= 0.6 is 0 Å². The molecule has 1 fully saturated rings. The fraction of sp³-hybridized carbons (Fsp3) is 0.333. The number of rotatable bonds is 6. The number of nitrogens with zero attached hydrogens (tertiary/aromatic N) is 2. The van der Waals surface area contributed by atoms with E-state index in [-0.39, 0.29) is 28.0 Å². The summed E-state index contributed by atoms with van der Waals surface area (Å²) < 4.78 is 57.4. The first-order valence-corrected chi connectivity index (χ1v) is 10.8. The summed E-state index contributed by atoms with van der Waals surface area (Å²) in [4.78, 5) is 18.6. The maximum Gasteiger partial charge on any atom is 0.417 e. The van der Waals surface area contributed by atoms with E-state index in [0.29, 0.717) is 11.4 Å². The molecule has 2 heterocycles. The fourth-order valence-corrected chi connectivity index (χ4v) is 4.03. The Hall–Kier alpha value is -3.73. The number of pyridine rings is 1. The van der Waals surface area contributed by atoms with E-state index >= 15 is 0 Å². The van der Waals surface area contributed by atoms with Gasteiger partial charge in [0.1, 0.15) is 22.9 Å². The number of methoxy groups -OCH3 is 3. The first kappa shape index (κ1) is 24.4. The normalized spacial score (nSPS) is 14.1. The number of hydrogen-bond acceptors (Lipinski definition) is 8. The Balaban J connectivity index is 1.77. The third-order valence-corrected chi connectivity index (χ3v) is 5.77. The van der Waals surface area contributed by atoms with Crippen LogP contribution in [-0.4, -0.2) is 58.5 Å². The number of ether oxygens (including phenoxy) is 3. The summed E-state index contributed by atoms with van der Waals surface area (Å²) in [6.45, 7) is 3.41. The maximum atomic E-state index is 14.0. The highest BCUT2D eigenvalue weighted by Crippen LogP contribution is 2.39. The minimum Gasteiger partial charge on any atom is -0.496 e. The number of carbonyl (C=O) groups is 1. The van der Waals surface area contributed by atoms with Crippen molar-refractivity contribution >= 4 is 34.1 Å². The van der Waals surface area contributed by atoms with Crippen LogP contribution in [0.3, 0.4) is 0 Å². The van der Waals surface area contributed by atoms with Crippen LogP contribution in [0.2, 0.25) is 0 Å². The molecule has 11 heteroatoms. The molecular weight excluding hydrogens is 465 g/mol. The second-order valence-electron chi connectivity index (χ2n) is 7.86. The number of carbonyl (C=O) groups excluding carboxylic acids is 1. The Kier molecular flexibility index (Phi) is 6.88. The molecule has 1 aromatic heterocycles. The number of nitrogens with one attached hydrogen (secondary N) is 2. The van der Waals surface area contributed by atoms with Gasteiger partial charge in [-0.25, -0.2) is 9.78 Å². The van der Waals surface area contributed by atoms with Gasteiger partial charge in [-0.05, 0) is 24.3 Å². The molecule has 35 heavy (non-hydrogen) atoms. The monoisotopic (exact) mass is 490 g/mol. The van der Waals surface area contributed by atoms with Gasteiger partial charge in [0.15, 0.2) is 0 Å². The maximum absolute atomic E-state index is 14.0. The van der Waals surface area contributed by atoms with Crippen molar-refractivity contribution in [3.8, 4) is 11.5 Å². The first-order chi connectivity index (χ1) is 16.7.